The average molecular weight is 352 g/mol. The zero-order valence-electron chi connectivity index (χ0n) is 11.2. The summed E-state index contributed by atoms with van der Waals surface area (Å²) in [5.74, 6) is 1.77. The molecule has 1 aliphatic rings. The fourth-order valence-electron chi connectivity index (χ4n) is 2.22. The summed E-state index contributed by atoms with van der Waals surface area (Å²) in [5, 5.41) is 0. The van der Waals surface area contributed by atoms with Crippen molar-refractivity contribution in [1.29, 1.82) is 0 Å². The monoisotopic (exact) mass is 351 g/mol. The van der Waals surface area contributed by atoms with Crippen LogP contribution >= 0.6 is 27.9 Å². The van der Waals surface area contributed by atoms with Crippen LogP contribution in [0.1, 0.15) is 5.56 Å². The largest absolute Gasteiger partial charge is 0.496 e. The summed E-state index contributed by atoms with van der Waals surface area (Å²) in [5.41, 5.74) is 2.04. The van der Waals surface area contributed by atoms with E-state index in [1.807, 2.05) is 36.5 Å². The molecule has 0 saturated carbocycles. The van der Waals surface area contributed by atoms with E-state index in [0.717, 1.165) is 33.9 Å². The van der Waals surface area contributed by atoms with Crippen molar-refractivity contribution in [3.05, 3.63) is 46.6 Å². The van der Waals surface area contributed by atoms with Gasteiger partial charge in [-0.1, -0.05) is 15.9 Å². The molecule has 2 aromatic rings. The topological polar surface area (TPSA) is 29.8 Å². The van der Waals surface area contributed by atoms with Crippen LogP contribution in [0.4, 0.5) is 5.82 Å². The first kappa shape index (κ1) is 13.6. The summed E-state index contributed by atoms with van der Waals surface area (Å²) >= 11 is 5.14. The van der Waals surface area contributed by atoms with Crippen LogP contribution in [0.2, 0.25) is 0 Å². The lowest BCUT2D eigenvalue weighted by atomic mass is 10.1. The number of fused-ring (bicyclic) bond motifs is 1. The Hall–Kier alpha value is -1.40. The van der Waals surface area contributed by atoms with Crippen molar-refractivity contribution < 1.29 is 4.74 Å². The van der Waals surface area contributed by atoms with Crippen molar-refractivity contribution >= 4 is 39.4 Å². The number of aliphatic imine (C=N–C) groups is 1. The quantitative estimate of drug-likeness (QED) is 0.791. The Morgan fingerprint density at radius 3 is 2.95 bits per heavy atom. The van der Waals surface area contributed by atoms with Crippen LogP contribution < -0.4 is 9.15 Å². The lowest BCUT2D eigenvalue weighted by Crippen LogP contribution is -2.35. The number of halogens is 1. The molecular formula is C14H14BrN3OS. The summed E-state index contributed by atoms with van der Waals surface area (Å²) in [6, 6.07) is 10.0. The summed E-state index contributed by atoms with van der Waals surface area (Å²) < 4.78 is 10.7. The highest BCUT2D eigenvalue weighted by Gasteiger charge is 2.21. The molecule has 6 heteroatoms. The highest BCUT2D eigenvalue weighted by atomic mass is 79.9. The molecule has 0 fully saturated rings. The Balaban J connectivity index is 2.08. The minimum atomic E-state index is 0.737. The molecule has 0 bridgehead atoms. The van der Waals surface area contributed by atoms with E-state index in [2.05, 4.69) is 31.3 Å². The molecular weight excluding hydrogens is 338 g/mol. The second kappa shape index (κ2) is 5.54. The van der Waals surface area contributed by atoms with Crippen LogP contribution in [0.25, 0.3) is 0 Å². The summed E-state index contributed by atoms with van der Waals surface area (Å²) in [7, 11) is 1.68. The van der Waals surface area contributed by atoms with Crippen molar-refractivity contribution in [1.82, 2.24) is 4.68 Å². The van der Waals surface area contributed by atoms with Crippen molar-refractivity contribution in [2.75, 3.05) is 24.3 Å². The molecule has 4 nitrogen and oxygen atoms in total. The van der Waals surface area contributed by atoms with E-state index < -0.39 is 0 Å². The third kappa shape index (κ3) is 2.33. The molecule has 0 unspecified atom stereocenters. The van der Waals surface area contributed by atoms with Gasteiger partial charge in [0.05, 0.1) is 19.4 Å². The van der Waals surface area contributed by atoms with Gasteiger partial charge in [0.2, 0.25) is 0 Å². The Kier molecular flexibility index (Phi) is 3.76. The van der Waals surface area contributed by atoms with Crippen LogP contribution in [0.5, 0.6) is 5.75 Å². The summed E-state index contributed by atoms with van der Waals surface area (Å²) in [6.45, 7) is 0.737. The van der Waals surface area contributed by atoms with Crippen LogP contribution in [0.3, 0.4) is 0 Å². The van der Waals surface area contributed by atoms with Crippen molar-refractivity contribution in [3.8, 4) is 5.75 Å². The van der Waals surface area contributed by atoms with Gasteiger partial charge in [-0.3, -0.25) is 0 Å². The molecule has 0 radical (unpaired) electrons. The zero-order chi connectivity index (χ0) is 14.1. The standard InChI is InChI=1S/C14H14BrN3OS/c1-19-13-8-10(15)5-6-11(13)12-9-18(20-2)17-7-3-4-14(17)16-12/h3-8H,9H2,1-2H3. The molecule has 3 rings (SSSR count). The van der Waals surface area contributed by atoms with Crippen molar-refractivity contribution in [2.24, 2.45) is 4.99 Å². The smallest absolute Gasteiger partial charge is 0.152 e. The molecule has 104 valence electrons. The molecule has 20 heavy (non-hydrogen) atoms. The number of hydrogen-bond donors (Lipinski definition) is 0. The minimum Gasteiger partial charge on any atom is -0.496 e. The number of methoxy groups -OCH3 is 1. The second-order valence-electron chi connectivity index (χ2n) is 4.31. The van der Waals surface area contributed by atoms with Gasteiger partial charge >= 0.3 is 0 Å². The molecule has 0 aliphatic carbocycles. The molecule has 0 amide bonds. The second-order valence-corrected chi connectivity index (χ2v) is 6.01. The van der Waals surface area contributed by atoms with Gasteiger partial charge < -0.3 is 4.74 Å². The Morgan fingerprint density at radius 2 is 2.20 bits per heavy atom. The van der Waals surface area contributed by atoms with Gasteiger partial charge in [-0.15, -0.1) is 0 Å². The van der Waals surface area contributed by atoms with Gasteiger partial charge in [-0.05, 0) is 42.3 Å². The third-order valence-corrected chi connectivity index (χ3v) is 4.39. The number of nitrogens with zero attached hydrogens (tertiary/aromatic N) is 3. The van der Waals surface area contributed by atoms with E-state index in [0.29, 0.717) is 0 Å². The maximum absolute atomic E-state index is 5.47. The van der Waals surface area contributed by atoms with E-state index in [1.165, 1.54) is 0 Å². The van der Waals surface area contributed by atoms with Crippen LogP contribution in [-0.4, -0.2) is 30.3 Å². The molecule has 1 aliphatic heterocycles. The Morgan fingerprint density at radius 1 is 1.35 bits per heavy atom. The first-order valence-corrected chi connectivity index (χ1v) is 8.11. The molecule has 0 N–H and O–H groups in total. The van der Waals surface area contributed by atoms with Gasteiger partial charge in [0.15, 0.2) is 5.82 Å². The minimum absolute atomic E-state index is 0.737. The summed E-state index contributed by atoms with van der Waals surface area (Å²) in [4.78, 5) is 4.74. The normalized spacial score (nSPS) is 13.9. The number of benzene rings is 1. The lowest BCUT2D eigenvalue weighted by Gasteiger charge is -2.29. The molecule has 2 heterocycles. The van der Waals surface area contributed by atoms with Gasteiger partial charge in [0.1, 0.15) is 5.75 Å². The number of hydrogen-bond acceptors (Lipinski definition) is 4. The van der Waals surface area contributed by atoms with Gasteiger partial charge in [0, 0.05) is 22.5 Å². The van der Waals surface area contributed by atoms with Gasteiger partial charge in [-0.25, -0.2) is 14.1 Å². The maximum atomic E-state index is 5.47. The van der Waals surface area contributed by atoms with E-state index in [1.54, 1.807) is 19.1 Å². The molecule has 0 spiro atoms. The molecule has 1 aromatic carbocycles. The van der Waals surface area contributed by atoms with Crippen LogP contribution in [-0.2, 0) is 0 Å². The highest BCUT2D eigenvalue weighted by molar-refractivity contribution is 9.10. The fourth-order valence-corrected chi connectivity index (χ4v) is 3.13. The van der Waals surface area contributed by atoms with Gasteiger partial charge in [-0.2, -0.15) is 0 Å². The average Bonchev–Trinajstić information content (AvgIpc) is 2.94. The Labute approximate surface area is 130 Å². The zero-order valence-corrected chi connectivity index (χ0v) is 13.6. The number of aromatic nitrogens is 1. The fraction of sp³-hybridized carbons (Fsp3) is 0.214. The predicted molar refractivity (Wildman–Crippen MR) is 87.9 cm³/mol. The van der Waals surface area contributed by atoms with Crippen LogP contribution in [0, 0.1) is 0 Å². The van der Waals surface area contributed by atoms with E-state index >= 15 is 0 Å². The Bertz CT molecular complexity index is 668. The third-order valence-electron chi connectivity index (χ3n) is 3.17. The van der Waals surface area contributed by atoms with Crippen molar-refractivity contribution in [3.63, 3.8) is 0 Å². The first-order valence-electron chi connectivity index (χ1n) is 6.13. The number of ether oxygens (including phenoxy) is 1. The van der Waals surface area contributed by atoms with Gasteiger partial charge in [0.25, 0.3) is 0 Å². The molecule has 0 saturated heterocycles. The van der Waals surface area contributed by atoms with Crippen LogP contribution in [0.15, 0.2) is 46.0 Å². The van der Waals surface area contributed by atoms with E-state index in [-0.39, 0.29) is 0 Å². The predicted octanol–water partition coefficient (Wildman–Crippen LogP) is 3.61. The molecule has 0 atom stereocenters. The first-order chi connectivity index (χ1) is 9.72. The SMILES string of the molecule is COc1cc(Br)ccc1C1=Nc2cccn2N(SC)C1. The lowest BCUT2D eigenvalue weighted by molar-refractivity contribution is 0.413. The maximum Gasteiger partial charge on any atom is 0.152 e. The highest BCUT2D eigenvalue weighted by Crippen LogP contribution is 2.29. The van der Waals surface area contributed by atoms with Crippen molar-refractivity contribution in [2.45, 2.75) is 0 Å². The molecule has 1 aromatic heterocycles. The van der Waals surface area contributed by atoms with E-state index in [4.69, 9.17) is 9.73 Å². The summed E-state index contributed by atoms with van der Waals surface area (Å²) in [6.07, 6.45) is 4.08. The van der Waals surface area contributed by atoms with E-state index in [9.17, 15) is 0 Å². The number of rotatable bonds is 3.